The van der Waals surface area contributed by atoms with Crippen molar-refractivity contribution in [2.24, 2.45) is 5.73 Å². The van der Waals surface area contributed by atoms with Gasteiger partial charge < -0.3 is 16.8 Å². The number of hydrogen-bond donors (Lipinski definition) is 3. The van der Waals surface area contributed by atoms with E-state index in [1.54, 1.807) is 30.3 Å². The number of nitrogens with two attached hydrogens (primary N) is 2. The average molecular weight is 290 g/mol. The van der Waals surface area contributed by atoms with E-state index in [4.69, 9.17) is 23.1 Å². The molecule has 0 radical (unpaired) electrons. The highest BCUT2D eigenvalue weighted by atomic mass is 35.5. The fourth-order valence-corrected chi connectivity index (χ4v) is 1.95. The van der Waals surface area contributed by atoms with Gasteiger partial charge in [-0.2, -0.15) is 0 Å². The lowest BCUT2D eigenvalue weighted by atomic mass is 10.1. The van der Waals surface area contributed by atoms with Crippen LogP contribution in [-0.4, -0.2) is 11.8 Å². The van der Waals surface area contributed by atoms with Gasteiger partial charge in [0.1, 0.15) is 0 Å². The molecule has 102 valence electrons. The molecule has 5 nitrogen and oxygen atoms in total. The maximum Gasteiger partial charge on any atom is 0.255 e. The van der Waals surface area contributed by atoms with E-state index in [1.165, 1.54) is 12.1 Å². The molecule has 0 aromatic heterocycles. The van der Waals surface area contributed by atoms with Gasteiger partial charge in [-0.3, -0.25) is 9.59 Å². The van der Waals surface area contributed by atoms with E-state index in [-0.39, 0.29) is 16.5 Å². The minimum atomic E-state index is -0.622. The van der Waals surface area contributed by atoms with Crippen molar-refractivity contribution in [3.63, 3.8) is 0 Å². The molecule has 0 unspecified atom stereocenters. The number of benzene rings is 2. The molecule has 0 saturated carbocycles. The number of halogens is 1. The third kappa shape index (κ3) is 3.07. The highest BCUT2D eigenvalue weighted by Crippen LogP contribution is 2.21. The molecule has 2 amide bonds. The third-order valence-electron chi connectivity index (χ3n) is 2.64. The van der Waals surface area contributed by atoms with Gasteiger partial charge in [0.05, 0.1) is 10.6 Å². The molecule has 0 fully saturated rings. The summed E-state index contributed by atoms with van der Waals surface area (Å²) < 4.78 is 0. The van der Waals surface area contributed by atoms with Gasteiger partial charge in [0.25, 0.3) is 5.91 Å². The van der Waals surface area contributed by atoms with E-state index in [2.05, 4.69) is 5.32 Å². The number of hydrogen-bond acceptors (Lipinski definition) is 3. The Morgan fingerprint density at radius 3 is 2.45 bits per heavy atom. The van der Waals surface area contributed by atoms with Crippen LogP contribution in [0.25, 0.3) is 0 Å². The molecule has 0 saturated heterocycles. The van der Waals surface area contributed by atoms with Gasteiger partial charge in [-0.05, 0) is 36.4 Å². The Hall–Kier alpha value is -2.53. The molecule has 0 aliphatic rings. The summed E-state index contributed by atoms with van der Waals surface area (Å²) in [6.07, 6.45) is 0. The molecule has 2 aromatic carbocycles. The van der Waals surface area contributed by atoms with Gasteiger partial charge in [-0.25, -0.2) is 0 Å². The molecule has 0 heterocycles. The molecule has 0 spiro atoms. The van der Waals surface area contributed by atoms with Gasteiger partial charge in [-0.15, -0.1) is 0 Å². The smallest absolute Gasteiger partial charge is 0.255 e. The lowest BCUT2D eigenvalue weighted by molar-refractivity contribution is 0.0998. The maximum absolute atomic E-state index is 12.0. The summed E-state index contributed by atoms with van der Waals surface area (Å²) >= 11 is 5.91. The van der Waals surface area contributed by atoms with Crippen molar-refractivity contribution >= 4 is 34.8 Å². The normalized spacial score (nSPS) is 10.1. The number of rotatable bonds is 3. The molecule has 6 heteroatoms. The standard InChI is InChI=1S/C14H12ClN3O2/c15-12-7-10(4-5-11(12)13(17)19)18-14(20)8-2-1-3-9(16)6-8/h1-7H,16H2,(H2,17,19)(H,18,20). The molecule has 0 bridgehead atoms. The number of carbonyl (C=O) groups is 2. The minimum Gasteiger partial charge on any atom is -0.399 e. The molecular formula is C14H12ClN3O2. The first-order valence-corrected chi connectivity index (χ1v) is 6.11. The van der Waals surface area contributed by atoms with Crippen LogP contribution in [0.5, 0.6) is 0 Å². The van der Waals surface area contributed by atoms with Gasteiger partial charge >= 0.3 is 0 Å². The predicted octanol–water partition coefficient (Wildman–Crippen LogP) is 2.27. The number of primary amides is 1. The Kier molecular flexibility index (Phi) is 3.91. The molecule has 5 N–H and O–H groups in total. The minimum absolute atomic E-state index is 0.183. The number of carbonyl (C=O) groups excluding carboxylic acids is 2. The summed E-state index contributed by atoms with van der Waals surface area (Å²) in [6, 6.07) is 11.1. The highest BCUT2D eigenvalue weighted by molar-refractivity contribution is 6.34. The third-order valence-corrected chi connectivity index (χ3v) is 2.95. The largest absolute Gasteiger partial charge is 0.399 e. The van der Waals surface area contributed by atoms with E-state index in [0.29, 0.717) is 16.9 Å². The zero-order valence-corrected chi connectivity index (χ0v) is 11.1. The second kappa shape index (κ2) is 5.63. The van der Waals surface area contributed by atoms with Crippen molar-refractivity contribution < 1.29 is 9.59 Å². The molecular weight excluding hydrogens is 278 g/mol. The molecule has 0 aliphatic heterocycles. The number of anilines is 2. The quantitative estimate of drug-likeness (QED) is 0.756. The van der Waals surface area contributed by atoms with Gasteiger partial charge in [0.15, 0.2) is 0 Å². The first-order valence-electron chi connectivity index (χ1n) is 5.73. The molecule has 20 heavy (non-hydrogen) atoms. The zero-order valence-electron chi connectivity index (χ0n) is 10.4. The maximum atomic E-state index is 12.0. The van der Waals surface area contributed by atoms with Crippen molar-refractivity contribution in [2.45, 2.75) is 0 Å². The van der Waals surface area contributed by atoms with Gasteiger partial charge in [-0.1, -0.05) is 17.7 Å². The van der Waals surface area contributed by atoms with Crippen LogP contribution in [-0.2, 0) is 0 Å². The first-order chi connectivity index (χ1) is 9.47. The monoisotopic (exact) mass is 289 g/mol. The average Bonchev–Trinajstić information content (AvgIpc) is 2.38. The Labute approximate surface area is 120 Å². The van der Waals surface area contributed by atoms with Crippen molar-refractivity contribution in [1.82, 2.24) is 0 Å². The Morgan fingerprint density at radius 1 is 1.10 bits per heavy atom. The summed E-state index contributed by atoms with van der Waals surface area (Å²) in [6.45, 7) is 0. The van der Waals surface area contributed by atoms with Crippen LogP contribution in [0.3, 0.4) is 0 Å². The second-order valence-electron chi connectivity index (χ2n) is 4.14. The zero-order chi connectivity index (χ0) is 14.7. The molecule has 0 aliphatic carbocycles. The summed E-state index contributed by atoms with van der Waals surface area (Å²) in [5, 5.41) is 2.84. The first kappa shape index (κ1) is 13.9. The summed E-state index contributed by atoms with van der Waals surface area (Å²) in [5.41, 5.74) is 12.4. The summed E-state index contributed by atoms with van der Waals surface area (Å²) in [4.78, 5) is 23.0. The summed E-state index contributed by atoms with van der Waals surface area (Å²) in [7, 11) is 0. The highest BCUT2D eigenvalue weighted by Gasteiger charge is 2.10. The number of nitrogens with one attached hydrogen (secondary N) is 1. The van der Waals surface area contributed by atoms with Gasteiger partial charge in [0, 0.05) is 16.9 Å². The van der Waals surface area contributed by atoms with Crippen LogP contribution in [0.15, 0.2) is 42.5 Å². The van der Waals surface area contributed by atoms with E-state index < -0.39 is 5.91 Å². The summed E-state index contributed by atoms with van der Waals surface area (Å²) in [5.74, 6) is -0.941. The fourth-order valence-electron chi connectivity index (χ4n) is 1.68. The topological polar surface area (TPSA) is 98.2 Å². The van der Waals surface area contributed by atoms with Crippen LogP contribution < -0.4 is 16.8 Å². The molecule has 2 rings (SSSR count). The second-order valence-corrected chi connectivity index (χ2v) is 4.55. The van der Waals surface area contributed by atoms with Crippen LogP contribution in [0.1, 0.15) is 20.7 Å². The van der Waals surface area contributed by atoms with E-state index in [0.717, 1.165) is 0 Å². The van der Waals surface area contributed by atoms with E-state index in [1.807, 2.05) is 0 Å². The lowest BCUT2D eigenvalue weighted by Gasteiger charge is -2.07. The van der Waals surface area contributed by atoms with Crippen LogP contribution in [0, 0.1) is 0 Å². The Morgan fingerprint density at radius 2 is 1.85 bits per heavy atom. The number of amides is 2. The van der Waals surface area contributed by atoms with Crippen LogP contribution in [0.2, 0.25) is 5.02 Å². The van der Waals surface area contributed by atoms with Crippen molar-refractivity contribution in [3.8, 4) is 0 Å². The van der Waals surface area contributed by atoms with Gasteiger partial charge in [0.2, 0.25) is 5.91 Å². The molecule has 0 atom stereocenters. The van der Waals surface area contributed by atoms with Crippen molar-refractivity contribution in [2.75, 3.05) is 11.1 Å². The predicted molar refractivity (Wildman–Crippen MR) is 78.8 cm³/mol. The lowest BCUT2D eigenvalue weighted by Crippen LogP contribution is -2.14. The van der Waals surface area contributed by atoms with E-state index >= 15 is 0 Å². The van der Waals surface area contributed by atoms with Crippen molar-refractivity contribution in [1.29, 1.82) is 0 Å². The van der Waals surface area contributed by atoms with Crippen molar-refractivity contribution in [3.05, 3.63) is 58.6 Å². The van der Waals surface area contributed by atoms with E-state index in [9.17, 15) is 9.59 Å². The van der Waals surface area contributed by atoms with Crippen LogP contribution >= 0.6 is 11.6 Å². The SMILES string of the molecule is NC(=O)c1ccc(NC(=O)c2cccc(N)c2)cc1Cl. The number of nitrogen functional groups attached to an aromatic ring is 1. The fraction of sp³-hybridized carbons (Fsp3) is 0. The Bertz CT molecular complexity index is 686. The Balaban J connectivity index is 2.20. The van der Waals surface area contributed by atoms with Crippen LogP contribution in [0.4, 0.5) is 11.4 Å². The molecule has 2 aromatic rings.